The number of carbonyl (C=O) groups excluding carboxylic acids is 1. The van der Waals surface area contributed by atoms with Gasteiger partial charge in [0.25, 0.3) is 15.9 Å². The molecule has 0 spiro atoms. The molecule has 0 unspecified atom stereocenters. The number of aryl methyl sites for hydroxylation is 1. The number of benzene rings is 4. The summed E-state index contributed by atoms with van der Waals surface area (Å²) in [5.74, 6) is 0.340. The number of nitrogens with one attached hydrogen (secondary N) is 2. The number of amides is 1. The van der Waals surface area contributed by atoms with E-state index in [1.165, 1.54) is 12.1 Å². The van der Waals surface area contributed by atoms with Crippen LogP contribution in [0, 0.1) is 6.92 Å². The maximum absolute atomic E-state index is 12.9. The highest BCUT2D eigenvalue weighted by Crippen LogP contribution is 2.27. The lowest BCUT2D eigenvalue weighted by atomic mass is 10.1. The van der Waals surface area contributed by atoms with E-state index in [1.54, 1.807) is 24.3 Å². The Labute approximate surface area is 199 Å². The van der Waals surface area contributed by atoms with Crippen molar-refractivity contribution >= 4 is 38.1 Å². The van der Waals surface area contributed by atoms with Gasteiger partial charge in [-0.3, -0.25) is 9.52 Å². The molecule has 0 saturated heterocycles. The molecule has 1 atom stereocenters. The molecule has 7 heteroatoms. The van der Waals surface area contributed by atoms with Gasteiger partial charge in [0.15, 0.2) is 6.10 Å². The molecule has 0 aromatic heterocycles. The van der Waals surface area contributed by atoms with Crippen molar-refractivity contribution < 1.29 is 17.9 Å². The highest BCUT2D eigenvalue weighted by molar-refractivity contribution is 7.92. The van der Waals surface area contributed by atoms with Gasteiger partial charge in [-0.1, -0.05) is 61.0 Å². The molecule has 0 aliphatic heterocycles. The Morgan fingerprint density at radius 1 is 0.853 bits per heavy atom. The Balaban J connectivity index is 1.44. The standard InChI is InChI=1S/C27H26N2O4S/c1-3-25(33-26-10-6-8-20-7-4-5-9-24(20)26)27(30)28-21-15-17-23(18-16-21)34(31,32)29-22-13-11-19(2)12-14-22/h4-18,25,29H,3H2,1-2H3,(H,28,30)/t25-/m0/s1. The maximum atomic E-state index is 12.9. The molecule has 0 saturated carbocycles. The molecule has 0 heterocycles. The van der Waals surface area contributed by atoms with Crippen LogP contribution in [0.5, 0.6) is 5.75 Å². The summed E-state index contributed by atoms with van der Waals surface area (Å²) in [6.45, 7) is 3.81. The van der Waals surface area contributed by atoms with Crippen LogP contribution in [-0.4, -0.2) is 20.4 Å². The first kappa shape index (κ1) is 23.3. The molecule has 2 N–H and O–H groups in total. The van der Waals surface area contributed by atoms with Crippen LogP contribution < -0.4 is 14.8 Å². The summed E-state index contributed by atoms with van der Waals surface area (Å²) in [5.41, 5.74) is 2.01. The largest absolute Gasteiger partial charge is 0.480 e. The van der Waals surface area contributed by atoms with Gasteiger partial charge in [-0.05, 0) is 61.2 Å². The average molecular weight is 475 g/mol. The molecule has 0 fully saturated rings. The fraction of sp³-hybridized carbons (Fsp3) is 0.148. The van der Waals surface area contributed by atoms with Crippen molar-refractivity contribution in [1.82, 2.24) is 0 Å². The minimum Gasteiger partial charge on any atom is -0.480 e. The third-order valence-corrected chi connectivity index (χ3v) is 6.82. The van der Waals surface area contributed by atoms with E-state index < -0.39 is 16.1 Å². The van der Waals surface area contributed by atoms with Crippen molar-refractivity contribution in [3.8, 4) is 5.75 Å². The summed E-state index contributed by atoms with van der Waals surface area (Å²) in [4.78, 5) is 13.0. The zero-order valence-corrected chi connectivity index (χ0v) is 19.8. The van der Waals surface area contributed by atoms with Gasteiger partial charge in [0, 0.05) is 16.8 Å². The molecule has 34 heavy (non-hydrogen) atoms. The van der Waals surface area contributed by atoms with Crippen LogP contribution in [0.25, 0.3) is 10.8 Å². The number of ether oxygens (including phenoxy) is 1. The first-order chi connectivity index (χ1) is 16.4. The Morgan fingerprint density at radius 3 is 2.21 bits per heavy atom. The van der Waals surface area contributed by atoms with Crippen molar-refractivity contribution in [1.29, 1.82) is 0 Å². The zero-order valence-electron chi connectivity index (χ0n) is 19.0. The predicted octanol–water partition coefficient (Wildman–Crippen LogP) is 5.75. The van der Waals surface area contributed by atoms with Crippen LogP contribution in [0.15, 0.2) is 95.9 Å². The van der Waals surface area contributed by atoms with E-state index >= 15 is 0 Å². The number of anilines is 2. The van der Waals surface area contributed by atoms with Crippen LogP contribution in [0.1, 0.15) is 18.9 Å². The second-order valence-electron chi connectivity index (χ2n) is 7.98. The van der Waals surface area contributed by atoms with E-state index in [2.05, 4.69) is 10.0 Å². The first-order valence-electron chi connectivity index (χ1n) is 11.0. The van der Waals surface area contributed by atoms with Crippen molar-refractivity contribution in [3.63, 3.8) is 0 Å². The van der Waals surface area contributed by atoms with Crippen molar-refractivity contribution in [2.24, 2.45) is 0 Å². The predicted molar refractivity (Wildman–Crippen MR) is 136 cm³/mol. The van der Waals surface area contributed by atoms with Crippen LogP contribution in [0.2, 0.25) is 0 Å². The molecule has 4 aromatic rings. The van der Waals surface area contributed by atoms with Gasteiger partial charge in [-0.25, -0.2) is 8.42 Å². The molecule has 0 aliphatic carbocycles. The average Bonchev–Trinajstić information content (AvgIpc) is 2.84. The van der Waals surface area contributed by atoms with Crippen LogP contribution in [0.3, 0.4) is 0 Å². The number of hydrogen-bond acceptors (Lipinski definition) is 4. The minimum absolute atomic E-state index is 0.102. The third-order valence-electron chi connectivity index (χ3n) is 5.42. The van der Waals surface area contributed by atoms with E-state index in [1.807, 2.05) is 68.4 Å². The molecule has 4 aromatic carbocycles. The molecule has 174 valence electrons. The summed E-state index contributed by atoms with van der Waals surface area (Å²) in [5, 5.41) is 4.79. The Kier molecular flexibility index (Phi) is 6.84. The zero-order chi connectivity index (χ0) is 24.1. The second-order valence-corrected chi connectivity index (χ2v) is 9.66. The highest BCUT2D eigenvalue weighted by atomic mass is 32.2. The maximum Gasteiger partial charge on any atom is 0.265 e. The number of sulfonamides is 1. The quantitative estimate of drug-likeness (QED) is 0.341. The SMILES string of the molecule is CC[C@H](Oc1cccc2ccccc12)C(=O)Nc1ccc(S(=O)(=O)Nc2ccc(C)cc2)cc1. The van der Waals surface area contributed by atoms with Gasteiger partial charge >= 0.3 is 0 Å². The van der Waals surface area contributed by atoms with Crippen LogP contribution in [-0.2, 0) is 14.8 Å². The van der Waals surface area contributed by atoms with E-state index in [0.29, 0.717) is 23.5 Å². The van der Waals surface area contributed by atoms with Crippen molar-refractivity contribution in [2.75, 3.05) is 10.0 Å². The summed E-state index contributed by atoms with van der Waals surface area (Å²) < 4.78 is 33.9. The molecule has 0 radical (unpaired) electrons. The van der Waals surface area contributed by atoms with Gasteiger partial charge in [-0.15, -0.1) is 0 Å². The first-order valence-corrected chi connectivity index (χ1v) is 12.5. The van der Waals surface area contributed by atoms with E-state index in [9.17, 15) is 13.2 Å². The summed E-state index contributed by atoms with van der Waals surface area (Å²) in [7, 11) is -3.74. The lowest BCUT2D eigenvalue weighted by Gasteiger charge is -2.18. The normalized spacial score (nSPS) is 12.2. The van der Waals surface area contributed by atoms with Crippen LogP contribution >= 0.6 is 0 Å². The van der Waals surface area contributed by atoms with Gasteiger partial charge in [-0.2, -0.15) is 0 Å². The molecule has 1 amide bonds. The highest BCUT2D eigenvalue weighted by Gasteiger charge is 2.20. The Morgan fingerprint density at radius 2 is 1.50 bits per heavy atom. The fourth-order valence-corrected chi connectivity index (χ4v) is 4.61. The lowest BCUT2D eigenvalue weighted by molar-refractivity contribution is -0.122. The summed E-state index contributed by atoms with van der Waals surface area (Å²) >= 11 is 0. The Hall–Kier alpha value is -3.84. The van der Waals surface area contributed by atoms with Gasteiger partial charge < -0.3 is 10.1 Å². The van der Waals surface area contributed by atoms with Crippen molar-refractivity contribution in [2.45, 2.75) is 31.3 Å². The van der Waals surface area contributed by atoms with E-state index in [4.69, 9.17) is 4.74 Å². The molecule has 6 nitrogen and oxygen atoms in total. The molecule has 4 rings (SSSR count). The lowest BCUT2D eigenvalue weighted by Crippen LogP contribution is -2.32. The number of rotatable bonds is 8. The number of hydrogen-bond donors (Lipinski definition) is 2. The third kappa shape index (κ3) is 5.38. The summed E-state index contributed by atoms with van der Waals surface area (Å²) in [6.07, 6.45) is -0.223. The van der Waals surface area contributed by atoms with Gasteiger partial charge in [0.05, 0.1) is 4.90 Å². The number of carbonyl (C=O) groups is 1. The van der Waals surface area contributed by atoms with Gasteiger partial charge in [0.2, 0.25) is 0 Å². The molecular formula is C27H26N2O4S. The van der Waals surface area contributed by atoms with Gasteiger partial charge in [0.1, 0.15) is 5.75 Å². The van der Waals surface area contributed by atoms with E-state index in [-0.39, 0.29) is 10.8 Å². The second kappa shape index (κ2) is 9.97. The smallest absolute Gasteiger partial charge is 0.265 e. The Bertz CT molecular complexity index is 1390. The minimum atomic E-state index is -3.74. The molecule has 0 bridgehead atoms. The van der Waals surface area contributed by atoms with Crippen LogP contribution in [0.4, 0.5) is 11.4 Å². The molecular weight excluding hydrogens is 448 g/mol. The number of fused-ring (bicyclic) bond motifs is 1. The summed E-state index contributed by atoms with van der Waals surface area (Å²) in [6, 6.07) is 26.7. The molecule has 0 aliphatic rings. The fourth-order valence-electron chi connectivity index (χ4n) is 3.55. The topological polar surface area (TPSA) is 84.5 Å². The monoisotopic (exact) mass is 474 g/mol. The van der Waals surface area contributed by atoms with E-state index in [0.717, 1.165) is 16.3 Å². The van der Waals surface area contributed by atoms with Crippen molar-refractivity contribution in [3.05, 3.63) is 96.6 Å².